The summed E-state index contributed by atoms with van der Waals surface area (Å²) in [5.74, 6) is -1.64. The highest BCUT2D eigenvalue weighted by atomic mass is 32.2. The minimum atomic E-state index is -1.11. The molecular formula is C17H19NO6S2. The van der Waals surface area contributed by atoms with E-state index in [0.717, 1.165) is 16.7 Å². The molecule has 0 radical (unpaired) electrons. The number of thiocarbonyl (C=S) groups is 1. The molecule has 1 aromatic rings. The number of carbonyl (C=O) groups excluding carboxylic acids is 1. The maximum absolute atomic E-state index is 12.7. The number of rotatable bonds is 6. The third-order valence-corrected chi connectivity index (χ3v) is 5.12. The van der Waals surface area contributed by atoms with E-state index in [9.17, 15) is 19.8 Å². The van der Waals surface area contributed by atoms with Crippen molar-refractivity contribution in [2.75, 3.05) is 14.2 Å². The summed E-state index contributed by atoms with van der Waals surface area (Å²) in [6, 6.07) is 2.06. The molecule has 1 amide bonds. The molecule has 26 heavy (non-hydrogen) atoms. The molecule has 0 aliphatic carbocycles. The van der Waals surface area contributed by atoms with Gasteiger partial charge in [-0.25, -0.2) is 4.79 Å². The van der Waals surface area contributed by atoms with Crippen LogP contribution in [0.3, 0.4) is 0 Å². The molecule has 0 unspecified atom stereocenters. The zero-order valence-corrected chi connectivity index (χ0v) is 16.3. The lowest BCUT2D eigenvalue weighted by Gasteiger charge is -2.26. The van der Waals surface area contributed by atoms with Crippen molar-refractivity contribution in [2.24, 2.45) is 5.92 Å². The van der Waals surface area contributed by atoms with Crippen LogP contribution in [0.1, 0.15) is 19.4 Å². The second-order valence-electron chi connectivity index (χ2n) is 5.85. The smallest absolute Gasteiger partial charge is 0.327 e. The summed E-state index contributed by atoms with van der Waals surface area (Å²) < 4.78 is 10.4. The fraction of sp³-hybridized carbons (Fsp3) is 0.353. The molecule has 1 aliphatic rings. The Labute approximate surface area is 160 Å². The number of carboxylic acid groups (broad SMARTS) is 1. The molecule has 2 N–H and O–H groups in total. The third kappa shape index (κ3) is 3.78. The van der Waals surface area contributed by atoms with Crippen molar-refractivity contribution in [2.45, 2.75) is 19.9 Å². The monoisotopic (exact) mass is 397 g/mol. The SMILES string of the molecule is COc1cc(C=C2SC(=S)N([C@@H](C(=O)O)C(C)C)C2=O)cc(OC)c1O. The van der Waals surface area contributed by atoms with Crippen molar-refractivity contribution in [1.82, 2.24) is 4.90 Å². The van der Waals surface area contributed by atoms with Gasteiger partial charge in [-0.15, -0.1) is 0 Å². The molecule has 0 saturated carbocycles. The van der Waals surface area contributed by atoms with Crippen molar-refractivity contribution in [1.29, 1.82) is 0 Å². The number of thioether (sulfide) groups is 1. The number of benzene rings is 1. The zero-order chi connectivity index (χ0) is 19.6. The van der Waals surface area contributed by atoms with Gasteiger partial charge in [0.25, 0.3) is 5.91 Å². The van der Waals surface area contributed by atoms with Gasteiger partial charge in [0.1, 0.15) is 10.4 Å². The fourth-order valence-electron chi connectivity index (χ4n) is 2.56. The first-order valence-electron chi connectivity index (χ1n) is 7.66. The van der Waals surface area contributed by atoms with E-state index < -0.39 is 17.9 Å². The number of methoxy groups -OCH3 is 2. The molecule has 1 aromatic carbocycles. The van der Waals surface area contributed by atoms with E-state index in [1.807, 2.05) is 0 Å². The lowest BCUT2D eigenvalue weighted by atomic mass is 10.0. The normalized spacial score (nSPS) is 17.1. The van der Waals surface area contributed by atoms with Crippen LogP contribution >= 0.6 is 24.0 Å². The van der Waals surface area contributed by atoms with Crippen molar-refractivity contribution in [3.8, 4) is 17.2 Å². The number of aliphatic carboxylic acids is 1. The molecule has 0 bridgehead atoms. The molecule has 9 heteroatoms. The highest BCUT2D eigenvalue weighted by Crippen LogP contribution is 2.40. The molecule has 140 valence electrons. The van der Waals surface area contributed by atoms with Crippen LogP contribution in [0.15, 0.2) is 17.0 Å². The number of aromatic hydroxyl groups is 1. The van der Waals surface area contributed by atoms with Gasteiger partial charge in [0, 0.05) is 0 Å². The summed E-state index contributed by atoms with van der Waals surface area (Å²) in [6.45, 7) is 3.44. The van der Waals surface area contributed by atoms with Gasteiger partial charge in [-0.05, 0) is 29.7 Å². The first-order valence-corrected chi connectivity index (χ1v) is 8.88. The van der Waals surface area contributed by atoms with Crippen molar-refractivity contribution >= 4 is 46.3 Å². The fourth-order valence-corrected chi connectivity index (χ4v) is 3.89. The van der Waals surface area contributed by atoms with Crippen LogP contribution in [0.5, 0.6) is 17.2 Å². The number of ether oxygens (including phenoxy) is 2. The predicted octanol–water partition coefficient (Wildman–Crippen LogP) is 2.72. The molecular weight excluding hydrogens is 378 g/mol. The Morgan fingerprint density at radius 3 is 2.23 bits per heavy atom. The molecule has 2 rings (SSSR count). The molecule has 7 nitrogen and oxygen atoms in total. The zero-order valence-electron chi connectivity index (χ0n) is 14.7. The van der Waals surface area contributed by atoms with E-state index in [0.29, 0.717) is 5.56 Å². The summed E-state index contributed by atoms with van der Waals surface area (Å²) in [6.07, 6.45) is 1.56. The summed E-state index contributed by atoms with van der Waals surface area (Å²) in [4.78, 5) is 25.7. The van der Waals surface area contributed by atoms with Gasteiger partial charge in [0.05, 0.1) is 19.1 Å². The summed E-state index contributed by atoms with van der Waals surface area (Å²) in [5, 5.41) is 19.4. The van der Waals surface area contributed by atoms with E-state index in [1.165, 1.54) is 14.2 Å². The minimum Gasteiger partial charge on any atom is -0.502 e. The quantitative estimate of drug-likeness (QED) is 0.559. The van der Waals surface area contributed by atoms with Crippen LogP contribution in [0.4, 0.5) is 0 Å². The number of carbonyl (C=O) groups is 2. The molecule has 1 heterocycles. The first kappa shape index (κ1) is 20.1. The van der Waals surface area contributed by atoms with Crippen LogP contribution in [0, 0.1) is 5.92 Å². The highest BCUT2D eigenvalue weighted by Gasteiger charge is 2.41. The summed E-state index contributed by atoms with van der Waals surface area (Å²) in [7, 11) is 2.80. The Morgan fingerprint density at radius 2 is 1.81 bits per heavy atom. The Bertz CT molecular complexity index is 764. The van der Waals surface area contributed by atoms with Gasteiger partial charge in [0.2, 0.25) is 5.75 Å². The number of phenols is 1. The van der Waals surface area contributed by atoms with E-state index in [4.69, 9.17) is 21.7 Å². The van der Waals surface area contributed by atoms with Crippen molar-refractivity contribution in [3.05, 3.63) is 22.6 Å². The lowest BCUT2D eigenvalue weighted by molar-refractivity contribution is -0.146. The van der Waals surface area contributed by atoms with E-state index in [1.54, 1.807) is 32.1 Å². The maximum Gasteiger partial charge on any atom is 0.327 e. The molecule has 1 saturated heterocycles. The van der Waals surface area contributed by atoms with Crippen LogP contribution in [-0.4, -0.2) is 51.6 Å². The van der Waals surface area contributed by atoms with Crippen molar-refractivity contribution < 1.29 is 29.3 Å². The summed E-state index contributed by atoms with van der Waals surface area (Å²) in [5.41, 5.74) is 0.549. The average Bonchev–Trinajstić information content (AvgIpc) is 2.83. The third-order valence-electron chi connectivity index (χ3n) is 3.79. The summed E-state index contributed by atoms with van der Waals surface area (Å²) >= 11 is 6.25. The topological polar surface area (TPSA) is 96.3 Å². The number of amides is 1. The maximum atomic E-state index is 12.7. The van der Waals surface area contributed by atoms with Gasteiger partial charge in [-0.1, -0.05) is 37.8 Å². The van der Waals surface area contributed by atoms with Gasteiger partial charge >= 0.3 is 5.97 Å². The Kier molecular flexibility index (Phi) is 6.14. The number of nitrogens with zero attached hydrogens (tertiary/aromatic N) is 1. The highest BCUT2D eigenvalue weighted by molar-refractivity contribution is 8.26. The molecule has 0 aromatic heterocycles. The standard InChI is InChI=1S/C17H19NO6S2/c1-8(2)13(16(21)22)18-15(20)12(26-17(18)25)7-9-5-10(23-3)14(19)11(6-9)24-4/h5-8,13,19H,1-4H3,(H,21,22)/t13-/m1/s1. The number of phenolic OH excluding ortho intramolecular Hbond substituents is 1. The van der Waals surface area contributed by atoms with Crippen LogP contribution in [-0.2, 0) is 9.59 Å². The molecule has 1 atom stereocenters. The average molecular weight is 397 g/mol. The van der Waals surface area contributed by atoms with Gasteiger partial charge in [-0.2, -0.15) is 0 Å². The Morgan fingerprint density at radius 1 is 1.27 bits per heavy atom. The largest absolute Gasteiger partial charge is 0.502 e. The van der Waals surface area contributed by atoms with E-state index in [-0.39, 0.29) is 32.4 Å². The number of carboxylic acids is 1. The number of hydrogen-bond acceptors (Lipinski definition) is 7. The second-order valence-corrected chi connectivity index (χ2v) is 7.53. The van der Waals surface area contributed by atoms with Crippen LogP contribution in [0.25, 0.3) is 6.08 Å². The number of hydrogen-bond donors (Lipinski definition) is 2. The van der Waals surface area contributed by atoms with E-state index in [2.05, 4.69) is 0 Å². The minimum absolute atomic E-state index is 0.148. The van der Waals surface area contributed by atoms with Gasteiger partial charge in [0.15, 0.2) is 11.5 Å². The van der Waals surface area contributed by atoms with E-state index >= 15 is 0 Å². The Hall–Kier alpha value is -2.26. The predicted molar refractivity (Wildman–Crippen MR) is 102 cm³/mol. The van der Waals surface area contributed by atoms with Crippen LogP contribution < -0.4 is 9.47 Å². The first-order chi connectivity index (χ1) is 12.2. The van der Waals surface area contributed by atoms with Gasteiger partial charge in [-0.3, -0.25) is 9.69 Å². The van der Waals surface area contributed by atoms with Crippen LogP contribution in [0.2, 0.25) is 0 Å². The van der Waals surface area contributed by atoms with Gasteiger partial charge < -0.3 is 19.7 Å². The molecule has 0 spiro atoms. The Balaban J connectivity index is 2.43. The van der Waals surface area contributed by atoms with Crippen molar-refractivity contribution in [3.63, 3.8) is 0 Å². The molecule has 1 fully saturated rings. The lowest BCUT2D eigenvalue weighted by Crippen LogP contribution is -2.47. The molecule has 1 aliphatic heterocycles. The second kappa shape index (κ2) is 7.96.